The fraction of sp³-hybridized carbons (Fsp3) is 0.600. The minimum atomic E-state index is -0.469. The topological polar surface area (TPSA) is 32.7 Å². The number of aryl methyl sites for hydroxylation is 1. The lowest BCUT2D eigenvalue weighted by Gasteiger charge is -2.40. The van der Waals surface area contributed by atoms with E-state index in [0.717, 1.165) is 30.0 Å². The van der Waals surface area contributed by atoms with E-state index in [1.54, 1.807) is 0 Å². The van der Waals surface area contributed by atoms with Crippen molar-refractivity contribution in [2.45, 2.75) is 38.3 Å². The van der Waals surface area contributed by atoms with Crippen LogP contribution in [0.15, 0.2) is 12.1 Å². The van der Waals surface area contributed by atoms with Crippen LogP contribution in [0.4, 0.5) is 0 Å². The average molecular weight is 282 g/mol. The van der Waals surface area contributed by atoms with Gasteiger partial charge in [0, 0.05) is 5.56 Å². The Hall–Kier alpha value is -0.770. The molecular weight excluding hydrogens is 262 g/mol. The van der Waals surface area contributed by atoms with Gasteiger partial charge in [-0.1, -0.05) is 24.1 Å². The number of likely N-dealkylation sites (tertiary alicyclic amines) is 1. The monoisotopic (exact) mass is 281 g/mol. The summed E-state index contributed by atoms with van der Waals surface area (Å²) < 4.78 is 5.63. The number of nitrogens with zero attached hydrogens (tertiary/aromatic N) is 1. The Morgan fingerprint density at radius 3 is 2.74 bits per heavy atom. The molecule has 1 fully saturated rings. The molecule has 3 nitrogen and oxygen atoms in total. The maximum atomic E-state index is 10.3. The summed E-state index contributed by atoms with van der Waals surface area (Å²) in [5.74, 6) is 0.758. The molecular formula is C15H20ClNO2. The molecule has 2 heterocycles. The molecule has 19 heavy (non-hydrogen) atoms. The summed E-state index contributed by atoms with van der Waals surface area (Å²) in [6.07, 6.45) is 3.23. The highest BCUT2D eigenvalue weighted by atomic mass is 35.5. The lowest BCUT2D eigenvalue weighted by molar-refractivity contribution is -0.00672. The summed E-state index contributed by atoms with van der Waals surface area (Å²) in [5, 5.41) is 11.0. The highest BCUT2D eigenvalue weighted by Gasteiger charge is 2.35. The van der Waals surface area contributed by atoms with Crippen molar-refractivity contribution >= 4 is 11.6 Å². The van der Waals surface area contributed by atoms with Crippen molar-refractivity contribution in [2.24, 2.45) is 0 Å². The molecule has 2 atom stereocenters. The molecule has 1 aromatic carbocycles. The fourth-order valence-electron chi connectivity index (χ4n) is 3.23. The van der Waals surface area contributed by atoms with Crippen LogP contribution in [0, 0.1) is 6.92 Å². The lowest BCUT2D eigenvalue weighted by atomic mass is 9.93. The molecule has 0 bridgehead atoms. The van der Waals surface area contributed by atoms with E-state index in [4.69, 9.17) is 16.3 Å². The third-order valence-electron chi connectivity index (χ3n) is 4.08. The van der Waals surface area contributed by atoms with Crippen molar-refractivity contribution in [3.05, 3.63) is 28.3 Å². The summed E-state index contributed by atoms with van der Waals surface area (Å²) in [5.41, 5.74) is 2.16. The van der Waals surface area contributed by atoms with Crippen LogP contribution < -0.4 is 4.74 Å². The zero-order valence-corrected chi connectivity index (χ0v) is 12.0. The first-order valence-corrected chi connectivity index (χ1v) is 7.39. The van der Waals surface area contributed by atoms with E-state index in [-0.39, 0.29) is 6.04 Å². The summed E-state index contributed by atoms with van der Waals surface area (Å²) in [4.78, 5) is 2.38. The first-order valence-electron chi connectivity index (χ1n) is 7.02. The number of hydrogen-bond donors (Lipinski definition) is 1. The maximum absolute atomic E-state index is 10.3. The molecule has 0 saturated carbocycles. The minimum absolute atomic E-state index is 0.0291. The average Bonchev–Trinajstić information content (AvgIpc) is 2.39. The van der Waals surface area contributed by atoms with Gasteiger partial charge >= 0.3 is 0 Å². The summed E-state index contributed by atoms with van der Waals surface area (Å²) in [7, 11) is 0. The summed E-state index contributed by atoms with van der Waals surface area (Å²) in [6.45, 7) is 4.46. The third kappa shape index (κ3) is 2.47. The van der Waals surface area contributed by atoms with Crippen LogP contribution in [0.5, 0.6) is 5.75 Å². The Morgan fingerprint density at radius 2 is 2.00 bits per heavy atom. The first-order chi connectivity index (χ1) is 9.16. The minimum Gasteiger partial charge on any atom is -0.489 e. The van der Waals surface area contributed by atoms with Crippen LogP contribution in [0.2, 0.25) is 5.02 Å². The van der Waals surface area contributed by atoms with Gasteiger partial charge in [-0.15, -0.1) is 0 Å². The number of halogens is 1. The molecule has 0 aromatic heterocycles. The van der Waals surface area contributed by atoms with Crippen molar-refractivity contribution in [2.75, 3.05) is 19.7 Å². The molecule has 2 unspecified atom stereocenters. The van der Waals surface area contributed by atoms with Gasteiger partial charge in [0.25, 0.3) is 0 Å². The highest BCUT2D eigenvalue weighted by molar-refractivity contribution is 6.32. The number of rotatable bonds is 1. The number of fused-ring (bicyclic) bond motifs is 1. The molecule has 0 aliphatic carbocycles. The van der Waals surface area contributed by atoms with Crippen LogP contribution in [-0.4, -0.2) is 35.8 Å². The quantitative estimate of drug-likeness (QED) is 0.859. The second-order valence-electron chi connectivity index (χ2n) is 5.58. The van der Waals surface area contributed by atoms with Gasteiger partial charge in [0.05, 0.1) is 11.1 Å². The molecule has 4 heteroatoms. The van der Waals surface area contributed by atoms with Crippen molar-refractivity contribution in [1.29, 1.82) is 0 Å². The Labute approximate surface area is 119 Å². The molecule has 3 rings (SSSR count). The smallest absolute Gasteiger partial charge is 0.142 e. The molecule has 1 saturated heterocycles. The van der Waals surface area contributed by atoms with Crippen molar-refractivity contribution < 1.29 is 9.84 Å². The van der Waals surface area contributed by atoms with E-state index in [9.17, 15) is 5.11 Å². The second-order valence-corrected chi connectivity index (χ2v) is 5.99. The first kappa shape index (κ1) is 13.2. The van der Waals surface area contributed by atoms with Gasteiger partial charge < -0.3 is 9.84 Å². The van der Waals surface area contributed by atoms with Gasteiger partial charge in [-0.3, -0.25) is 4.90 Å². The Balaban J connectivity index is 2.00. The Kier molecular flexibility index (Phi) is 3.70. The zero-order chi connectivity index (χ0) is 13.4. The van der Waals surface area contributed by atoms with Gasteiger partial charge in [0.15, 0.2) is 0 Å². The molecule has 1 aromatic rings. The Bertz CT molecular complexity index is 471. The van der Waals surface area contributed by atoms with E-state index < -0.39 is 6.10 Å². The molecule has 2 aliphatic rings. The Morgan fingerprint density at radius 1 is 1.26 bits per heavy atom. The molecule has 0 amide bonds. The lowest BCUT2D eigenvalue weighted by Crippen LogP contribution is -2.44. The van der Waals surface area contributed by atoms with Gasteiger partial charge in [0.2, 0.25) is 0 Å². The number of aliphatic hydroxyl groups excluding tert-OH is 1. The molecule has 0 spiro atoms. The van der Waals surface area contributed by atoms with Crippen LogP contribution >= 0.6 is 11.6 Å². The van der Waals surface area contributed by atoms with Gasteiger partial charge in [0.1, 0.15) is 18.5 Å². The van der Waals surface area contributed by atoms with Crippen molar-refractivity contribution in [1.82, 2.24) is 4.90 Å². The normalized spacial score (nSPS) is 27.7. The molecule has 1 N–H and O–H groups in total. The van der Waals surface area contributed by atoms with Crippen LogP contribution in [-0.2, 0) is 0 Å². The van der Waals surface area contributed by atoms with Gasteiger partial charge in [-0.05, 0) is 44.5 Å². The van der Waals surface area contributed by atoms with Gasteiger partial charge in [-0.25, -0.2) is 0 Å². The highest BCUT2D eigenvalue weighted by Crippen LogP contribution is 2.42. The molecule has 104 valence electrons. The zero-order valence-electron chi connectivity index (χ0n) is 11.2. The molecule has 0 radical (unpaired) electrons. The largest absolute Gasteiger partial charge is 0.489 e. The predicted molar refractivity (Wildman–Crippen MR) is 75.9 cm³/mol. The number of aliphatic hydroxyl groups is 1. The van der Waals surface area contributed by atoms with Crippen LogP contribution in [0.3, 0.4) is 0 Å². The molecule has 2 aliphatic heterocycles. The van der Waals surface area contributed by atoms with Crippen LogP contribution in [0.1, 0.15) is 36.4 Å². The number of hydrogen-bond acceptors (Lipinski definition) is 3. The van der Waals surface area contributed by atoms with E-state index in [1.165, 1.54) is 19.3 Å². The third-order valence-corrected chi connectivity index (χ3v) is 4.36. The SMILES string of the molecule is Cc1cc(Cl)c2c(c1)C(N1CCCCC1)C(O)CO2. The van der Waals surface area contributed by atoms with Crippen LogP contribution in [0.25, 0.3) is 0 Å². The number of ether oxygens (including phenoxy) is 1. The van der Waals surface area contributed by atoms with Crippen molar-refractivity contribution in [3.63, 3.8) is 0 Å². The fourth-order valence-corrected chi connectivity index (χ4v) is 3.57. The summed E-state index contributed by atoms with van der Waals surface area (Å²) >= 11 is 6.27. The van der Waals surface area contributed by atoms with E-state index in [1.807, 2.05) is 13.0 Å². The van der Waals surface area contributed by atoms with E-state index >= 15 is 0 Å². The van der Waals surface area contributed by atoms with Gasteiger partial charge in [-0.2, -0.15) is 0 Å². The maximum Gasteiger partial charge on any atom is 0.142 e. The number of piperidine rings is 1. The predicted octanol–water partition coefficient (Wildman–Crippen LogP) is 2.93. The van der Waals surface area contributed by atoms with E-state index in [0.29, 0.717) is 11.6 Å². The number of benzene rings is 1. The summed E-state index contributed by atoms with van der Waals surface area (Å²) in [6, 6.07) is 4.05. The second kappa shape index (κ2) is 5.31. The van der Waals surface area contributed by atoms with E-state index in [2.05, 4.69) is 11.0 Å². The van der Waals surface area contributed by atoms with Crippen molar-refractivity contribution in [3.8, 4) is 5.75 Å². The standard InChI is InChI=1S/C15H20ClNO2/c1-10-7-11-14(17-5-3-2-4-6-17)13(18)9-19-15(11)12(16)8-10/h7-8,13-14,18H,2-6,9H2,1H3.